The molecule has 0 saturated heterocycles. The van der Waals surface area contributed by atoms with E-state index in [9.17, 15) is 18.0 Å². The van der Waals surface area contributed by atoms with Gasteiger partial charge in [0.05, 0.1) is 11.3 Å². The Morgan fingerprint density at radius 3 is 2.44 bits per heavy atom. The third-order valence-electron chi connectivity index (χ3n) is 3.86. The molecule has 0 bridgehead atoms. The minimum absolute atomic E-state index is 0.0685. The van der Waals surface area contributed by atoms with Crippen molar-refractivity contribution in [1.29, 1.82) is 0 Å². The molecule has 2 aromatic carbocycles. The van der Waals surface area contributed by atoms with Crippen LogP contribution in [0.4, 0.5) is 18.9 Å². The Labute approximate surface area is 153 Å². The highest BCUT2D eigenvalue weighted by Gasteiger charge is 2.35. The largest absolute Gasteiger partial charge is 0.417 e. The number of hydrogen-bond acceptors (Lipinski definition) is 2. The molecule has 0 aliphatic heterocycles. The smallest absolute Gasteiger partial charge is 0.322 e. The predicted molar refractivity (Wildman–Crippen MR) is 97.4 cm³/mol. The topological polar surface area (TPSA) is 46.9 Å². The molecule has 0 spiro atoms. The maximum atomic E-state index is 13.3. The number of aryl methyl sites for hydroxylation is 1. The monoisotopic (exact) mass is 371 g/mol. The number of anilines is 1. The maximum Gasteiger partial charge on any atom is 0.417 e. The van der Waals surface area contributed by atoms with Crippen LogP contribution in [0.5, 0.6) is 0 Å². The zero-order chi connectivity index (χ0) is 19.4. The van der Waals surface area contributed by atoms with Gasteiger partial charge in [0.15, 0.2) is 0 Å². The van der Waals surface area contributed by atoms with Crippen LogP contribution in [0.15, 0.2) is 72.9 Å². The Balaban J connectivity index is 1.86. The van der Waals surface area contributed by atoms with Crippen LogP contribution >= 0.6 is 0 Å². The minimum Gasteiger partial charge on any atom is -0.322 e. The highest BCUT2D eigenvalue weighted by molar-refractivity contribution is 6.04. The van der Waals surface area contributed by atoms with Crippen molar-refractivity contribution in [3.63, 3.8) is 0 Å². The molecule has 3 aromatic rings. The van der Waals surface area contributed by atoms with E-state index < -0.39 is 17.7 Å². The van der Waals surface area contributed by atoms with Gasteiger partial charge in [-0.3, -0.25) is 4.79 Å². The van der Waals surface area contributed by atoms with Crippen LogP contribution in [0.3, 0.4) is 0 Å². The van der Waals surface area contributed by atoms with Crippen molar-refractivity contribution in [1.82, 2.24) is 9.78 Å². The number of nitrogens with one attached hydrogen (secondary N) is 1. The van der Waals surface area contributed by atoms with Gasteiger partial charge >= 0.3 is 6.18 Å². The van der Waals surface area contributed by atoms with E-state index in [0.717, 1.165) is 5.69 Å². The number of rotatable bonds is 4. The Kier molecular flexibility index (Phi) is 5.12. The second-order valence-electron chi connectivity index (χ2n) is 5.85. The number of alkyl halides is 3. The van der Waals surface area contributed by atoms with Gasteiger partial charge in [0.25, 0.3) is 0 Å². The first-order valence-electron chi connectivity index (χ1n) is 8.11. The summed E-state index contributed by atoms with van der Waals surface area (Å²) in [5.74, 6) is -0.861. The number of carbonyl (C=O) groups is 1. The maximum absolute atomic E-state index is 13.3. The molecule has 1 amide bonds. The van der Waals surface area contributed by atoms with Crippen LogP contribution in [0, 0.1) is 6.92 Å². The molecule has 3 rings (SSSR count). The molecule has 0 fully saturated rings. The summed E-state index contributed by atoms with van der Waals surface area (Å²) in [5, 5.41) is 6.65. The van der Waals surface area contributed by atoms with Crippen molar-refractivity contribution in [3.05, 3.63) is 84.2 Å². The van der Waals surface area contributed by atoms with Crippen LogP contribution in [0.25, 0.3) is 11.3 Å². The number of amides is 1. The first-order chi connectivity index (χ1) is 12.8. The highest BCUT2D eigenvalue weighted by Crippen LogP contribution is 2.33. The first-order valence-corrected chi connectivity index (χ1v) is 8.11. The fourth-order valence-corrected chi connectivity index (χ4v) is 2.61. The Morgan fingerprint density at radius 2 is 1.81 bits per heavy atom. The van der Waals surface area contributed by atoms with Crippen LogP contribution in [0.1, 0.15) is 11.3 Å². The molecule has 0 aliphatic rings. The summed E-state index contributed by atoms with van der Waals surface area (Å²) in [6, 6.07) is 15.8. The molecule has 1 N–H and O–H groups in total. The van der Waals surface area contributed by atoms with E-state index in [1.165, 1.54) is 24.3 Å². The number of allylic oxidation sites excluding steroid dienone is 1. The third-order valence-corrected chi connectivity index (χ3v) is 3.86. The number of carbonyl (C=O) groups excluding carboxylic acids is 1. The van der Waals surface area contributed by atoms with Crippen molar-refractivity contribution in [2.24, 2.45) is 0 Å². The molecular weight excluding hydrogens is 355 g/mol. The number of benzene rings is 2. The molecule has 0 radical (unpaired) electrons. The van der Waals surface area contributed by atoms with Crippen LogP contribution in [-0.2, 0) is 4.79 Å². The van der Waals surface area contributed by atoms with E-state index in [1.807, 2.05) is 13.0 Å². The van der Waals surface area contributed by atoms with Crippen LogP contribution in [-0.4, -0.2) is 21.9 Å². The zero-order valence-corrected chi connectivity index (χ0v) is 14.4. The standard InChI is InChI=1S/C20H16F3N3O/c1-14-10-11-24-26(14)17-9-5-8-16(12-17)25-19(27)13-18(20(21,22)23)15-6-3-2-4-7-15/h2-13H,1H3,(H,25,27)/b18-13-. The lowest BCUT2D eigenvalue weighted by Gasteiger charge is -2.12. The average Bonchev–Trinajstić information content (AvgIpc) is 3.06. The average molecular weight is 371 g/mol. The molecule has 0 atom stereocenters. The van der Waals surface area contributed by atoms with E-state index in [4.69, 9.17) is 0 Å². The molecule has 0 saturated carbocycles. The quantitative estimate of drug-likeness (QED) is 0.672. The van der Waals surface area contributed by atoms with Gasteiger partial charge in [-0.2, -0.15) is 18.3 Å². The minimum atomic E-state index is -4.65. The second-order valence-corrected chi connectivity index (χ2v) is 5.85. The van der Waals surface area contributed by atoms with Gasteiger partial charge in [-0.1, -0.05) is 36.4 Å². The van der Waals surface area contributed by atoms with Crippen LogP contribution < -0.4 is 5.32 Å². The van der Waals surface area contributed by atoms with E-state index >= 15 is 0 Å². The first kappa shape index (κ1) is 18.4. The number of halogens is 3. The SMILES string of the molecule is Cc1ccnn1-c1cccc(NC(=O)/C=C(/c2ccccc2)C(F)(F)F)c1. The molecule has 1 aromatic heterocycles. The van der Waals surface area contributed by atoms with E-state index in [2.05, 4.69) is 10.4 Å². The lowest BCUT2D eigenvalue weighted by atomic mass is 10.1. The molecule has 4 nitrogen and oxygen atoms in total. The normalized spacial score (nSPS) is 12.1. The fraction of sp³-hybridized carbons (Fsp3) is 0.100. The molecule has 7 heteroatoms. The molecule has 27 heavy (non-hydrogen) atoms. The van der Waals surface area contributed by atoms with Crippen molar-refractivity contribution in [3.8, 4) is 5.69 Å². The zero-order valence-electron chi connectivity index (χ0n) is 14.4. The van der Waals surface area contributed by atoms with E-state index in [-0.39, 0.29) is 5.56 Å². The number of aromatic nitrogens is 2. The van der Waals surface area contributed by atoms with Crippen LogP contribution in [0.2, 0.25) is 0 Å². The lowest BCUT2D eigenvalue weighted by molar-refractivity contribution is -0.112. The summed E-state index contributed by atoms with van der Waals surface area (Å²) < 4.78 is 41.7. The molecule has 0 aliphatic carbocycles. The summed E-state index contributed by atoms with van der Waals surface area (Å²) in [7, 11) is 0. The van der Waals surface area contributed by atoms with Gasteiger partial charge in [0, 0.05) is 23.7 Å². The highest BCUT2D eigenvalue weighted by atomic mass is 19.4. The molecule has 1 heterocycles. The van der Waals surface area contributed by atoms with Crippen molar-refractivity contribution in [2.45, 2.75) is 13.1 Å². The second kappa shape index (κ2) is 7.49. The van der Waals surface area contributed by atoms with Gasteiger partial charge in [-0.15, -0.1) is 0 Å². The van der Waals surface area contributed by atoms with Crippen molar-refractivity contribution >= 4 is 17.2 Å². The van der Waals surface area contributed by atoms with Gasteiger partial charge in [0.1, 0.15) is 0 Å². The molecule has 138 valence electrons. The van der Waals surface area contributed by atoms with Gasteiger partial charge < -0.3 is 5.32 Å². The molecule has 0 unspecified atom stereocenters. The number of nitrogens with zero attached hydrogens (tertiary/aromatic N) is 2. The Bertz CT molecular complexity index is 975. The number of hydrogen-bond donors (Lipinski definition) is 1. The van der Waals surface area contributed by atoms with E-state index in [1.54, 1.807) is 41.2 Å². The van der Waals surface area contributed by atoms with Gasteiger partial charge in [-0.25, -0.2) is 4.68 Å². The van der Waals surface area contributed by atoms with Crippen molar-refractivity contribution < 1.29 is 18.0 Å². The van der Waals surface area contributed by atoms with Crippen molar-refractivity contribution in [2.75, 3.05) is 5.32 Å². The van der Waals surface area contributed by atoms with Gasteiger partial charge in [-0.05, 0) is 36.8 Å². The molecular formula is C20H16F3N3O. The summed E-state index contributed by atoms with van der Waals surface area (Å²) in [4.78, 5) is 12.2. The summed E-state index contributed by atoms with van der Waals surface area (Å²) in [5.41, 5.74) is 0.888. The predicted octanol–water partition coefficient (Wildman–Crippen LogP) is 4.77. The Hall–Kier alpha value is -3.35. The van der Waals surface area contributed by atoms with Gasteiger partial charge in [0.2, 0.25) is 5.91 Å². The fourth-order valence-electron chi connectivity index (χ4n) is 2.61. The third kappa shape index (κ3) is 4.44. The Morgan fingerprint density at radius 1 is 1.07 bits per heavy atom. The summed E-state index contributed by atoms with van der Waals surface area (Å²) >= 11 is 0. The summed E-state index contributed by atoms with van der Waals surface area (Å²) in [6.45, 7) is 1.87. The lowest BCUT2D eigenvalue weighted by Crippen LogP contribution is -2.16. The van der Waals surface area contributed by atoms with E-state index in [0.29, 0.717) is 17.5 Å². The summed E-state index contributed by atoms with van der Waals surface area (Å²) in [6.07, 6.45) is -2.44.